The van der Waals surface area contributed by atoms with Gasteiger partial charge in [-0.25, -0.2) is 14.2 Å². The Labute approximate surface area is 132 Å². The first kappa shape index (κ1) is 15.0. The van der Waals surface area contributed by atoms with E-state index in [1.165, 1.54) is 12.1 Å². The Morgan fingerprint density at radius 2 is 1.91 bits per heavy atom. The summed E-state index contributed by atoms with van der Waals surface area (Å²) in [5.41, 5.74) is 0.915. The van der Waals surface area contributed by atoms with Crippen molar-refractivity contribution in [1.29, 1.82) is 0 Å². The van der Waals surface area contributed by atoms with Gasteiger partial charge in [0.25, 0.3) is 0 Å². The van der Waals surface area contributed by atoms with Gasteiger partial charge in [-0.3, -0.25) is 0 Å². The summed E-state index contributed by atoms with van der Waals surface area (Å²) in [5.74, 6) is -0.309. The van der Waals surface area contributed by atoms with E-state index in [4.69, 9.17) is 9.47 Å². The molecule has 116 valence electrons. The zero-order chi connectivity index (χ0) is 16.2. The second kappa shape index (κ2) is 6.44. The van der Waals surface area contributed by atoms with E-state index in [0.717, 1.165) is 0 Å². The number of ether oxygens (including phenoxy) is 2. The third kappa shape index (κ3) is 3.13. The molecule has 5 heteroatoms. The van der Waals surface area contributed by atoms with Gasteiger partial charge < -0.3 is 9.47 Å². The number of rotatable bonds is 4. The fourth-order valence-corrected chi connectivity index (χ4v) is 2.19. The molecule has 2 aromatic rings. The van der Waals surface area contributed by atoms with Gasteiger partial charge in [-0.1, -0.05) is 30.3 Å². The van der Waals surface area contributed by atoms with Gasteiger partial charge in [-0.2, -0.15) is 0 Å². The minimum Gasteiger partial charge on any atom is -0.493 e. The third-order valence-electron chi connectivity index (χ3n) is 3.24. The molecule has 1 heterocycles. The van der Waals surface area contributed by atoms with Gasteiger partial charge in [-0.05, 0) is 31.2 Å². The molecule has 1 aliphatic rings. The topological polar surface area (TPSA) is 47.9 Å². The number of carbonyl (C=O) groups is 1. The largest absolute Gasteiger partial charge is 0.493 e. The SMILES string of the molecule is CCOc1ccccc1C1=N/C(=C/c2ccccc2F)C(=O)O1. The maximum atomic E-state index is 13.7. The van der Waals surface area contributed by atoms with Crippen molar-refractivity contribution in [3.63, 3.8) is 0 Å². The lowest BCUT2D eigenvalue weighted by Crippen LogP contribution is -2.07. The van der Waals surface area contributed by atoms with Gasteiger partial charge in [-0.15, -0.1) is 0 Å². The summed E-state index contributed by atoms with van der Waals surface area (Å²) in [6.45, 7) is 2.35. The van der Waals surface area contributed by atoms with Gasteiger partial charge in [0.15, 0.2) is 5.70 Å². The highest BCUT2D eigenvalue weighted by atomic mass is 19.1. The van der Waals surface area contributed by atoms with Crippen LogP contribution in [0.15, 0.2) is 59.2 Å². The van der Waals surface area contributed by atoms with E-state index in [1.807, 2.05) is 13.0 Å². The van der Waals surface area contributed by atoms with Crippen LogP contribution in [0.4, 0.5) is 4.39 Å². The van der Waals surface area contributed by atoms with E-state index in [-0.39, 0.29) is 17.2 Å². The van der Waals surface area contributed by atoms with Crippen molar-refractivity contribution in [3.05, 3.63) is 71.2 Å². The fourth-order valence-electron chi connectivity index (χ4n) is 2.19. The van der Waals surface area contributed by atoms with Crippen LogP contribution in [0.25, 0.3) is 6.08 Å². The van der Waals surface area contributed by atoms with E-state index in [9.17, 15) is 9.18 Å². The van der Waals surface area contributed by atoms with Crippen molar-refractivity contribution in [1.82, 2.24) is 0 Å². The number of hydrogen-bond donors (Lipinski definition) is 0. The number of aliphatic imine (C=N–C) groups is 1. The van der Waals surface area contributed by atoms with Crippen LogP contribution in [0, 0.1) is 5.82 Å². The molecule has 2 aromatic carbocycles. The molecular weight excluding hydrogens is 297 g/mol. The quantitative estimate of drug-likeness (QED) is 0.640. The molecule has 0 bridgehead atoms. The summed E-state index contributed by atoms with van der Waals surface area (Å²) >= 11 is 0. The molecule has 0 unspecified atom stereocenters. The van der Waals surface area contributed by atoms with Gasteiger partial charge in [0.1, 0.15) is 11.6 Å². The van der Waals surface area contributed by atoms with Gasteiger partial charge >= 0.3 is 5.97 Å². The molecule has 0 saturated heterocycles. The number of cyclic esters (lactones) is 1. The van der Waals surface area contributed by atoms with E-state index in [0.29, 0.717) is 17.9 Å². The van der Waals surface area contributed by atoms with Crippen LogP contribution in [0.5, 0.6) is 5.75 Å². The van der Waals surface area contributed by atoms with Crippen molar-refractivity contribution in [3.8, 4) is 5.75 Å². The third-order valence-corrected chi connectivity index (χ3v) is 3.24. The predicted molar refractivity (Wildman–Crippen MR) is 84.6 cm³/mol. The molecule has 23 heavy (non-hydrogen) atoms. The van der Waals surface area contributed by atoms with Crippen molar-refractivity contribution in [2.75, 3.05) is 6.61 Å². The number of esters is 1. The summed E-state index contributed by atoms with van der Waals surface area (Å²) in [6.07, 6.45) is 1.37. The average molecular weight is 311 g/mol. The Morgan fingerprint density at radius 3 is 2.70 bits per heavy atom. The Kier molecular flexibility index (Phi) is 4.19. The van der Waals surface area contributed by atoms with Gasteiger partial charge in [0, 0.05) is 5.56 Å². The Morgan fingerprint density at radius 1 is 1.17 bits per heavy atom. The second-order valence-corrected chi connectivity index (χ2v) is 4.79. The molecular formula is C18H14FNO3. The second-order valence-electron chi connectivity index (χ2n) is 4.79. The summed E-state index contributed by atoms with van der Waals surface area (Å²) in [6, 6.07) is 13.3. The lowest BCUT2D eigenvalue weighted by atomic mass is 10.2. The maximum absolute atomic E-state index is 13.7. The number of nitrogens with zero attached hydrogens (tertiary/aromatic N) is 1. The molecule has 0 spiro atoms. The predicted octanol–water partition coefficient (Wildman–Crippen LogP) is 3.57. The number of hydrogen-bond acceptors (Lipinski definition) is 4. The maximum Gasteiger partial charge on any atom is 0.363 e. The van der Waals surface area contributed by atoms with Crippen LogP contribution >= 0.6 is 0 Å². The van der Waals surface area contributed by atoms with Gasteiger partial charge in [0.2, 0.25) is 5.90 Å². The molecule has 0 aliphatic carbocycles. The molecule has 1 aliphatic heterocycles. The lowest BCUT2D eigenvalue weighted by molar-refractivity contribution is -0.129. The molecule has 0 aromatic heterocycles. The number of carbonyl (C=O) groups excluding carboxylic acids is 1. The van der Waals surface area contributed by atoms with Gasteiger partial charge in [0.05, 0.1) is 12.2 Å². The van der Waals surface area contributed by atoms with Crippen molar-refractivity contribution >= 4 is 17.9 Å². The zero-order valence-corrected chi connectivity index (χ0v) is 12.5. The van der Waals surface area contributed by atoms with Crippen LogP contribution in [-0.2, 0) is 9.53 Å². The Bertz CT molecular complexity index is 811. The molecule has 0 amide bonds. The highest BCUT2D eigenvalue weighted by molar-refractivity contribution is 6.13. The molecule has 3 rings (SSSR count). The first-order valence-corrected chi connectivity index (χ1v) is 7.18. The molecule has 0 N–H and O–H groups in total. The number of benzene rings is 2. The number of para-hydroxylation sites is 1. The highest BCUT2D eigenvalue weighted by Crippen LogP contribution is 2.25. The van der Waals surface area contributed by atoms with Crippen LogP contribution in [0.3, 0.4) is 0 Å². The number of halogens is 1. The smallest absolute Gasteiger partial charge is 0.363 e. The Hall–Kier alpha value is -2.95. The standard InChI is InChI=1S/C18H14FNO3/c1-2-22-16-10-6-4-8-13(16)17-20-15(18(21)23-17)11-12-7-3-5-9-14(12)19/h3-11H,2H2,1H3/b15-11+. The Balaban J connectivity index is 1.98. The lowest BCUT2D eigenvalue weighted by Gasteiger charge is -2.08. The molecule has 0 radical (unpaired) electrons. The van der Waals surface area contributed by atoms with Crippen molar-refractivity contribution < 1.29 is 18.7 Å². The van der Waals surface area contributed by atoms with E-state index >= 15 is 0 Å². The first-order valence-electron chi connectivity index (χ1n) is 7.18. The summed E-state index contributed by atoms with van der Waals surface area (Å²) in [5, 5.41) is 0. The van der Waals surface area contributed by atoms with Crippen LogP contribution in [0.2, 0.25) is 0 Å². The van der Waals surface area contributed by atoms with E-state index < -0.39 is 11.8 Å². The van der Waals surface area contributed by atoms with Crippen molar-refractivity contribution in [2.24, 2.45) is 4.99 Å². The first-order chi connectivity index (χ1) is 11.2. The highest BCUT2D eigenvalue weighted by Gasteiger charge is 2.26. The summed E-state index contributed by atoms with van der Waals surface area (Å²) in [7, 11) is 0. The fraction of sp³-hybridized carbons (Fsp3) is 0.111. The normalized spacial score (nSPS) is 15.5. The zero-order valence-electron chi connectivity index (χ0n) is 12.5. The van der Waals surface area contributed by atoms with Crippen LogP contribution in [0.1, 0.15) is 18.1 Å². The molecule has 0 atom stereocenters. The minimum absolute atomic E-state index is 0.0522. The minimum atomic E-state index is -0.616. The monoisotopic (exact) mass is 311 g/mol. The van der Waals surface area contributed by atoms with E-state index in [2.05, 4.69) is 4.99 Å². The summed E-state index contributed by atoms with van der Waals surface area (Å²) in [4.78, 5) is 16.2. The van der Waals surface area contributed by atoms with E-state index in [1.54, 1.807) is 36.4 Å². The van der Waals surface area contributed by atoms with Crippen molar-refractivity contribution in [2.45, 2.75) is 6.92 Å². The van der Waals surface area contributed by atoms with Crippen LogP contribution < -0.4 is 4.74 Å². The molecule has 0 saturated carbocycles. The molecule has 4 nitrogen and oxygen atoms in total. The summed E-state index contributed by atoms with van der Waals surface area (Å²) < 4.78 is 24.4. The van der Waals surface area contributed by atoms with Crippen LogP contribution in [-0.4, -0.2) is 18.5 Å². The average Bonchev–Trinajstić information content (AvgIpc) is 2.91. The molecule has 0 fully saturated rings.